The van der Waals surface area contributed by atoms with E-state index in [1.54, 1.807) is 18.2 Å². The van der Waals surface area contributed by atoms with Crippen molar-refractivity contribution in [3.05, 3.63) is 23.8 Å². The number of benzene rings is 1. The van der Waals surface area contributed by atoms with Crippen LogP contribution in [0.4, 0.5) is 5.69 Å². The lowest BCUT2D eigenvalue weighted by molar-refractivity contribution is 0.0999. The SMILES string of the molecule is NC(=O)c1ccc(NC(N)=NCC2CCCCC2)c(OCC2CCCCC2)c1. The molecule has 28 heavy (non-hydrogen) atoms. The van der Waals surface area contributed by atoms with Crippen molar-refractivity contribution < 1.29 is 9.53 Å². The Morgan fingerprint density at radius 2 is 1.64 bits per heavy atom. The Hall–Kier alpha value is -2.24. The van der Waals surface area contributed by atoms with E-state index in [2.05, 4.69) is 10.3 Å². The van der Waals surface area contributed by atoms with Gasteiger partial charge in [-0.25, -0.2) is 0 Å². The smallest absolute Gasteiger partial charge is 0.248 e. The fraction of sp³-hybridized carbons (Fsp3) is 0.636. The number of amides is 1. The van der Waals surface area contributed by atoms with Crippen LogP contribution >= 0.6 is 0 Å². The molecule has 154 valence electrons. The highest BCUT2D eigenvalue weighted by Crippen LogP contribution is 2.29. The lowest BCUT2D eigenvalue weighted by Gasteiger charge is -2.23. The molecule has 6 heteroatoms. The van der Waals surface area contributed by atoms with Gasteiger partial charge in [0.2, 0.25) is 5.91 Å². The van der Waals surface area contributed by atoms with Gasteiger partial charge in [0, 0.05) is 12.1 Å². The topological polar surface area (TPSA) is 103 Å². The molecule has 0 radical (unpaired) electrons. The predicted octanol–water partition coefficient (Wildman–Crippen LogP) is 4.05. The fourth-order valence-corrected chi connectivity index (χ4v) is 4.23. The third-order valence-electron chi connectivity index (χ3n) is 5.97. The molecule has 0 bridgehead atoms. The van der Waals surface area contributed by atoms with Gasteiger partial charge >= 0.3 is 0 Å². The summed E-state index contributed by atoms with van der Waals surface area (Å²) in [6.45, 7) is 1.41. The van der Waals surface area contributed by atoms with Crippen LogP contribution in [0.15, 0.2) is 23.2 Å². The van der Waals surface area contributed by atoms with E-state index in [-0.39, 0.29) is 0 Å². The molecule has 0 saturated heterocycles. The number of aliphatic imine (C=N–C) groups is 1. The molecule has 2 fully saturated rings. The summed E-state index contributed by atoms with van der Waals surface area (Å²) in [6, 6.07) is 5.17. The quantitative estimate of drug-likeness (QED) is 0.486. The minimum Gasteiger partial charge on any atom is -0.491 e. The molecule has 0 atom stereocenters. The molecule has 6 nitrogen and oxygen atoms in total. The fourth-order valence-electron chi connectivity index (χ4n) is 4.23. The number of nitrogens with zero attached hydrogens (tertiary/aromatic N) is 1. The van der Waals surface area contributed by atoms with E-state index >= 15 is 0 Å². The average Bonchev–Trinajstić information content (AvgIpc) is 2.73. The lowest BCUT2D eigenvalue weighted by Crippen LogP contribution is -2.25. The summed E-state index contributed by atoms with van der Waals surface area (Å²) >= 11 is 0. The van der Waals surface area contributed by atoms with E-state index in [1.807, 2.05) is 0 Å². The van der Waals surface area contributed by atoms with Crippen molar-refractivity contribution in [2.75, 3.05) is 18.5 Å². The first-order valence-electron chi connectivity index (χ1n) is 10.8. The van der Waals surface area contributed by atoms with Gasteiger partial charge in [0.1, 0.15) is 5.75 Å². The molecule has 2 aliphatic carbocycles. The van der Waals surface area contributed by atoms with E-state index < -0.39 is 5.91 Å². The van der Waals surface area contributed by atoms with Gasteiger partial charge in [-0.15, -0.1) is 0 Å². The molecule has 0 unspecified atom stereocenters. The Labute approximate surface area is 168 Å². The van der Waals surface area contributed by atoms with Gasteiger partial charge < -0.3 is 21.5 Å². The summed E-state index contributed by atoms with van der Waals surface area (Å²) in [5.41, 5.74) is 12.7. The second-order valence-corrected chi connectivity index (χ2v) is 8.25. The van der Waals surface area contributed by atoms with E-state index in [4.69, 9.17) is 16.2 Å². The highest BCUT2D eigenvalue weighted by atomic mass is 16.5. The number of hydrogen-bond donors (Lipinski definition) is 3. The van der Waals surface area contributed by atoms with Crippen LogP contribution < -0.4 is 21.5 Å². The van der Waals surface area contributed by atoms with Crippen LogP contribution in [0.1, 0.15) is 74.6 Å². The summed E-state index contributed by atoms with van der Waals surface area (Å²) in [7, 11) is 0. The van der Waals surface area contributed by atoms with Gasteiger partial charge in [-0.2, -0.15) is 0 Å². The van der Waals surface area contributed by atoms with E-state index in [0.29, 0.717) is 35.7 Å². The molecule has 0 heterocycles. The standard InChI is InChI=1S/C22H34N4O2/c23-21(27)18-11-12-19(20(13-18)28-15-17-9-5-2-6-10-17)26-22(24)25-14-16-7-3-1-4-8-16/h11-13,16-17H,1-10,14-15H2,(H2,23,27)(H3,24,25,26). The summed E-state index contributed by atoms with van der Waals surface area (Å²) < 4.78 is 6.08. The van der Waals surface area contributed by atoms with Crippen LogP contribution in [0, 0.1) is 11.8 Å². The van der Waals surface area contributed by atoms with Gasteiger partial charge in [-0.1, -0.05) is 38.5 Å². The van der Waals surface area contributed by atoms with Crippen molar-refractivity contribution in [2.24, 2.45) is 28.3 Å². The first kappa shape index (κ1) is 20.5. The largest absolute Gasteiger partial charge is 0.491 e. The van der Waals surface area contributed by atoms with Gasteiger partial charge in [0.05, 0.1) is 12.3 Å². The molecule has 0 aliphatic heterocycles. The first-order chi connectivity index (χ1) is 13.6. The van der Waals surface area contributed by atoms with Crippen LogP contribution in [0.2, 0.25) is 0 Å². The Morgan fingerprint density at radius 1 is 1.00 bits per heavy atom. The van der Waals surface area contributed by atoms with Crippen molar-refractivity contribution >= 4 is 17.6 Å². The molecule has 1 aromatic rings. The van der Waals surface area contributed by atoms with E-state index in [1.165, 1.54) is 64.2 Å². The number of nitrogens with two attached hydrogens (primary N) is 2. The molecular formula is C22H34N4O2. The normalized spacial score (nSPS) is 19.4. The average molecular weight is 387 g/mol. The molecular weight excluding hydrogens is 352 g/mol. The van der Waals surface area contributed by atoms with Crippen molar-refractivity contribution in [3.63, 3.8) is 0 Å². The number of anilines is 1. The summed E-state index contributed by atoms with van der Waals surface area (Å²) in [4.78, 5) is 16.1. The molecule has 1 aromatic carbocycles. The molecule has 5 N–H and O–H groups in total. The zero-order valence-corrected chi connectivity index (χ0v) is 16.8. The molecule has 2 saturated carbocycles. The zero-order valence-electron chi connectivity index (χ0n) is 16.8. The number of ether oxygens (including phenoxy) is 1. The van der Waals surface area contributed by atoms with Crippen LogP contribution in [-0.2, 0) is 0 Å². The minimum atomic E-state index is -0.465. The molecule has 2 aliphatic rings. The highest BCUT2D eigenvalue weighted by molar-refractivity contribution is 5.97. The lowest BCUT2D eigenvalue weighted by atomic mass is 9.89. The van der Waals surface area contributed by atoms with Crippen molar-refractivity contribution in [1.82, 2.24) is 0 Å². The van der Waals surface area contributed by atoms with Crippen LogP contribution in [0.5, 0.6) is 5.75 Å². The first-order valence-corrected chi connectivity index (χ1v) is 10.8. The number of carbonyl (C=O) groups is 1. The maximum Gasteiger partial charge on any atom is 0.248 e. The van der Waals surface area contributed by atoms with Crippen molar-refractivity contribution in [3.8, 4) is 5.75 Å². The molecule has 0 spiro atoms. The summed E-state index contributed by atoms with van der Waals surface area (Å²) in [5.74, 6) is 1.73. The number of nitrogens with one attached hydrogen (secondary N) is 1. The molecule has 3 rings (SSSR count). The number of primary amides is 1. The number of guanidine groups is 1. The monoisotopic (exact) mass is 386 g/mol. The molecule has 0 aromatic heterocycles. The van der Waals surface area contributed by atoms with Gasteiger partial charge in [0.25, 0.3) is 0 Å². The third-order valence-corrected chi connectivity index (χ3v) is 5.97. The molecule has 1 amide bonds. The Bertz CT molecular complexity index is 677. The van der Waals surface area contributed by atoms with Crippen molar-refractivity contribution in [1.29, 1.82) is 0 Å². The Balaban J connectivity index is 1.64. The maximum atomic E-state index is 11.6. The minimum absolute atomic E-state index is 0.389. The Morgan fingerprint density at radius 3 is 2.29 bits per heavy atom. The maximum absolute atomic E-state index is 11.6. The third kappa shape index (κ3) is 6.14. The van der Waals surface area contributed by atoms with Gasteiger partial charge in [0.15, 0.2) is 5.96 Å². The van der Waals surface area contributed by atoms with Gasteiger partial charge in [-0.05, 0) is 55.7 Å². The van der Waals surface area contributed by atoms with Crippen LogP contribution in [-0.4, -0.2) is 25.0 Å². The highest BCUT2D eigenvalue weighted by Gasteiger charge is 2.17. The van der Waals surface area contributed by atoms with E-state index in [9.17, 15) is 4.79 Å². The number of rotatable bonds is 7. The Kier molecular flexibility index (Phi) is 7.57. The predicted molar refractivity (Wildman–Crippen MR) is 114 cm³/mol. The number of carbonyl (C=O) groups excluding carboxylic acids is 1. The summed E-state index contributed by atoms with van der Waals surface area (Å²) in [6.07, 6.45) is 12.6. The van der Waals surface area contributed by atoms with Crippen LogP contribution in [0.3, 0.4) is 0 Å². The second kappa shape index (κ2) is 10.3. The van der Waals surface area contributed by atoms with Crippen molar-refractivity contribution in [2.45, 2.75) is 64.2 Å². The number of hydrogen-bond acceptors (Lipinski definition) is 3. The second-order valence-electron chi connectivity index (χ2n) is 8.25. The van der Waals surface area contributed by atoms with Crippen LogP contribution in [0.25, 0.3) is 0 Å². The van der Waals surface area contributed by atoms with Gasteiger partial charge in [-0.3, -0.25) is 9.79 Å². The zero-order chi connectivity index (χ0) is 19.8. The van der Waals surface area contributed by atoms with E-state index in [0.717, 1.165) is 12.2 Å². The summed E-state index contributed by atoms with van der Waals surface area (Å²) in [5, 5.41) is 3.15.